The highest BCUT2D eigenvalue weighted by Crippen LogP contribution is 2.15. The van der Waals surface area contributed by atoms with Crippen molar-refractivity contribution in [1.29, 1.82) is 0 Å². The molecule has 0 radical (unpaired) electrons. The molecule has 3 nitrogen and oxygen atoms in total. The van der Waals surface area contributed by atoms with Gasteiger partial charge in [-0.15, -0.1) is 0 Å². The zero-order valence-corrected chi connectivity index (χ0v) is 10.5. The summed E-state index contributed by atoms with van der Waals surface area (Å²) < 4.78 is 0. The van der Waals surface area contributed by atoms with Gasteiger partial charge in [0.15, 0.2) is 5.78 Å². The molecular formula is C13H20N2O. The summed E-state index contributed by atoms with van der Waals surface area (Å²) in [5.41, 5.74) is 0.667. The van der Waals surface area contributed by atoms with E-state index in [0.29, 0.717) is 11.6 Å². The number of hydrogen-bond donors (Lipinski definition) is 0. The van der Waals surface area contributed by atoms with Crippen molar-refractivity contribution in [3.63, 3.8) is 0 Å². The minimum atomic E-state index is 0.0586. The molecule has 1 unspecified atom stereocenters. The van der Waals surface area contributed by atoms with E-state index in [1.54, 1.807) is 13.1 Å². The Bertz CT molecular complexity index is 345. The molecule has 0 aromatic carbocycles. The molecule has 3 heteroatoms. The highest BCUT2D eigenvalue weighted by atomic mass is 16.1. The van der Waals surface area contributed by atoms with Gasteiger partial charge in [-0.2, -0.15) is 0 Å². The number of carbonyl (C=O) groups excluding carboxylic acids is 1. The maximum atomic E-state index is 11.1. The molecule has 0 aliphatic heterocycles. The highest BCUT2D eigenvalue weighted by molar-refractivity contribution is 5.93. The summed E-state index contributed by atoms with van der Waals surface area (Å²) in [6.45, 7) is 5.92. The van der Waals surface area contributed by atoms with Crippen molar-refractivity contribution < 1.29 is 4.79 Å². The van der Waals surface area contributed by atoms with Crippen LogP contribution in [0.25, 0.3) is 0 Å². The molecule has 1 aromatic rings. The second-order valence-electron chi connectivity index (χ2n) is 4.21. The van der Waals surface area contributed by atoms with Gasteiger partial charge in [-0.05, 0) is 32.4 Å². The predicted molar refractivity (Wildman–Crippen MR) is 67.0 cm³/mol. The van der Waals surface area contributed by atoms with E-state index in [4.69, 9.17) is 0 Å². The Labute approximate surface area is 97.5 Å². The van der Waals surface area contributed by atoms with Crippen LogP contribution in [-0.2, 0) is 0 Å². The van der Waals surface area contributed by atoms with Gasteiger partial charge < -0.3 is 4.90 Å². The number of carbonyl (C=O) groups is 1. The van der Waals surface area contributed by atoms with Crippen LogP contribution in [0.15, 0.2) is 18.3 Å². The lowest BCUT2D eigenvalue weighted by Gasteiger charge is -2.25. The number of anilines is 1. The molecule has 0 saturated heterocycles. The Hall–Kier alpha value is -1.38. The maximum Gasteiger partial charge on any atom is 0.161 e. The minimum absolute atomic E-state index is 0.0586. The van der Waals surface area contributed by atoms with Crippen LogP contribution in [0.1, 0.15) is 44.0 Å². The molecule has 0 N–H and O–H groups in total. The first kappa shape index (κ1) is 12.7. The molecule has 1 aromatic heterocycles. The first-order chi connectivity index (χ1) is 7.56. The minimum Gasteiger partial charge on any atom is -0.357 e. The summed E-state index contributed by atoms with van der Waals surface area (Å²) in [6.07, 6.45) is 3.95. The summed E-state index contributed by atoms with van der Waals surface area (Å²) in [5, 5.41) is 0. The second-order valence-corrected chi connectivity index (χ2v) is 4.21. The third kappa shape index (κ3) is 3.05. The highest BCUT2D eigenvalue weighted by Gasteiger charge is 2.10. The zero-order valence-electron chi connectivity index (χ0n) is 10.5. The molecule has 1 rings (SSSR count). The van der Waals surface area contributed by atoms with Gasteiger partial charge in [-0.1, -0.05) is 13.3 Å². The molecule has 1 heterocycles. The van der Waals surface area contributed by atoms with Crippen LogP contribution in [0, 0.1) is 0 Å². The average molecular weight is 220 g/mol. The normalized spacial score (nSPS) is 12.2. The van der Waals surface area contributed by atoms with Crippen LogP contribution in [0.5, 0.6) is 0 Å². The van der Waals surface area contributed by atoms with Crippen molar-refractivity contribution in [3.8, 4) is 0 Å². The second kappa shape index (κ2) is 5.64. The summed E-state index contributed by atoms with van der Waals surface area (Å²) in [7, 11) is 2.04. The number of ketones is 1. The number of aromatic nitrogens is 1. The Balaban J connectivity index is 2.77. The Kier molecular flexibility index (Phi) is 4.47. The van der Waals surface area contributed by atoms with Crippen molar-refractivity contribution in [2.75, 3.05) is 11.9 Å². The molecule has 1 atom stereocenters. The number of hydrogen-bond acceptors (Lipinski definition) is 3. The third-order valence-electron chi connectivity index (χ3n) is 2.88. The Morgan fingerprint density at radius 3 is 2.62 bits per heavy atom. The summed E-state index contributed by atoms with van der Waals surface area (Å²) >= 11 is 0. The van der Waals surface area contributed by atoms with E-state index in [0.717, 1.165) is 18.7 Å². The molecule has 0 amide bonds. The summed E-state index contributed by atoms with van der Waals surface area (Å²) in [6, 6.07) is 4.21. The number of nitrogens with zero attached hydrogens (tertiary/aromatic N) is 2. The quantitative estimate of drug-likeness (QED) is 0.715. The fourth-order valence-corrected chi connectivity index (χ4v) is 1.64. The molecule has 88 valence electrons. The maximum absolute atomic E-state index is 11.1. The molecule has 0 fully saturated rings. The summed E-state index contributed by atoms with van der Waals surface area (Å²) in [4.78, 5) is 17.6. The molecule has 16 heavy (non-hydrogen) atoms. The van der Waals surface area contributed by atoms with Gasteiger partial charge in [-0.3, -0.25) is 4.79 Å². The fourth-order valence-electron chi connectivity index (χ4n) is 1.64. The van der Waals surface area contributed by atoms with E-state index in [-0.39, 0.29) is 5.78 Å². The van der Waals surface area contributed by atoms with E-state index in [1.807, 2.05) is 19.2 Å². The number of Topliss-reactive ketones (excluding diaryl/α,β-unsaturated/α-hetero) is 1. The predicted octanol–water partition coefficient (Wildman–Crippen LogP) is 2.91. The van der Waals surface area contributed by atoms with Gasteiger partial charge in [-0.25, -0.2) is 4.98 Å². The fraction of sp³-hybridized carbons (Fsp3) is 0.538. The largest absolute Gasteiger partial charge is 0.357 e. The van der Waals surface area contributed by atoms with E-state index in [1.165, 1.54) is 0 Å². The molecule has 0 bridgehead atoms. The zero-order chi connectivity index (χ0) is 12.1. The number of rotatable bonds is 5. The van der Waals surface area contributed by atoms with Gasteiger partial charge in [0, 0.05) is 24.8 Å². The molecule has 0 saturated carbocycles. The van der Waals surface area contributed by atoms with Crippen molar-refractivity contribution >= 4 is 11.6 Å². The SMILES string of the molecule is CCCC(C)N(C)c1ccc(C(C)=O)cn1. The van der Waals surface area contributed by atoms with Crippen LogP contribution >= 0.6 is 0 Å². The third-order valence-corrected chi connectivity index (χ3v) is 2.88. The topological polar surface area (TPSA) is 33.2 Å². The van der Waals surface area contributed by atoms with Gasteiger partial charge in [0.05, 0.1) is 0 Å². The molecule has 0 aliphatic carbocycles. The average Bonchev–Trinajstić information content (AvgIpc) is 2.28. The van der Waals surface area contributed by atoms with Gasteiger partial charge in [0.25, 0.3) is 0 Å². The van der Waals surface area contributed by atoms with Crippen molar-refractivity contribution in [2.24, 2.45) is 0 Å². The lowest BCUT2D eigenvalue weighted by Crippen LogP contribution is -2.29. The van der Waals surface area contributed by atoms with E-state index in [2.05, 4.69) is 23.7 Å². The first-order valence-electron chi connectivity index (χ1n) is 5.76. The van der Waals surface area contributed by atoms with Crippen molar-refractivity contribution in [3.05, 3.63) is 23.9 Å². The molecule has 0 aliphatic rings. The summed E-state index contributed by atoms with van der Waals surface area (Å²) in [5.74, 6) is 0.981. The Morgan fingerprint density at radius 2 is 2.19 bits per heavy atom. The standard InChI is InChI=1S/C13H20N2O/c1-5-6-10(2)15(4)13-8-7-12(9-14-13)11(3)16/h7-10H,5-6H2,1-4H3. The lowest BCUT2D eigenvalue weighted by molar-refractivity contribution is 0.101. The molecule has 0 spiro atoms. The van der Waals surface area contributed by atoms with Crippen LogP contribution in [0.4, 0.5) is 5.82 Å². The van der Waals surface area contributed by atoms with Crippen LogP contribution < -0.4 is 4.90 Å². The first-order valence-corrected chi connectivity index (χ1v) is 5.76. The van der Waals surface area contributed by atoms with Gasteiger partial charge >= 0.3 is 0 Å². The van der Waals surface area contributed by atoms with E-state index >= 15 is 0 Å². The van der Waals surface area contributed by atoms with Gasteiger partial charge in [0.1, 0.15) is 5.82 Å². The molecular weight excluding hydrogens is 200 g/mol. The van der Waals surface area contributed by atoms with Gasteiger partial charge in [0.2, 0.25) is 0 Å². The van der Waals surface area contributed by atoms with Crippen molar-refractivity contribution in [1.82, 2.24) is 4.98 Å². The monoisotopic (exact) mass is 220 g/mol. The van der Waals surface area contributed by atoms with Crippen LogP contribution in [-0.4, -0.2) is 23.9 Å². The van der Waals surface area contributed by atoms with Crippen molar-refractivity contribution in [2.45, 2.75) is 39.7 Å². The smallest absolute Gasteiger partial charge is 0.161 e. The van der Waals surface area contributed by atoms with Crippen LogP contribution in [0.2, 0.25) is 0 Å². The van der Waals surface area contributed by atoms with Crippen LogP contribution in [0.3, 0.4) is 0 Å². The Morgan fingerprint density at radius 1 is 1.50 bits per heavy atom. The van der Waals surface area contributed by atoms with E-state index in [9.17, 15) is 4.79 Å². The number of pyridine rings is 1. The van der Waals surface area contributed by atoms with E-state index < -0.39 is 0 Å². The lowest BCUT2D eigenvalue weighted by atomic mass is 10.1.